The molecule has 2 rings (SSSR count). The van der Waals surface area contributed by atoms with Crippen molar-refractivity contribution in [3.63, 3.8) is 0 Å². The number of rotatable bonds is 5. The van der Waals surface area contributed by atoms with Gasteiger partial charge in [0.1, 0.15) is 0 Å². The lowest BCUT2D eigenvalue weighted by Crippen LogP contribution is -2.50. The standard InChI is InChI=1S/C18H28N2O2/c1-14(2)17(15-8-4-3-5-9-15)19-18(22)20-12-7-6-10-16(20)11-13-21/h3-5,8-9,14,16-17,21H,6-7,10-13H2,1-2H3,(H,19,22). The average Bonchev–Trinajstić information content (AvgIpc) is 2.54. The van der Waals surface area contributed by atoms with Crippen LogP contribution in [0.25, 0.3) is 0 Å². The highest BCUT2D eigenvalue weighted by molar-refractivity contribution is 5.75. The molecule has 2 atom stereocenters. The second-order valence-corrected chi connectivity index (χ2v) is 6.44. The summed E-state index contributed by atoms with van der Waals surface area (Å²) in [5.74, 6) is 0.326. The van der Waals surface area contributed by atoms with Crippen molar-refractivity contribution >= 4 is 6.03 Å². The molecule has 0 spiro atoms. The third kappa shape index (κ3) is 4.23. The number of carbonyl (C=O) groups is 1. The van der Waals surface area contributed by atoms with E-state index in [-0.39, 0.29) is 24.7 Å². The van der Waals surface area contributed by atoms with Crippen LogP contribution in [0.2, 0.25) is 0 Å². The lowest BCUT2D eigenvalue weighted by molar-refractivity contribution is 0.127. The molecule has 1 aliphatic heterocycles. The topological polar surface area (TPSA) is 52.6 Å². The Balaban J connectivity index is 2.07. The van der Waals surface area contributed by atoms with Crippen molar-refractivity contribution in [2.24, 2.45) is 5.92 Å². The molecule has 2 unspecified atom stereocenters. The number of nitrogens with zero attached hydrogens (tertiary/aromatic N) is 1. The molecule has 0 radical (unpaired) electrons. The van der Waals surface area contributed by atoms with Crippen LogP contribution in [-0.4, -0.2) is 35.2 Å². The smallest absolute Gasteiger partial charge is 0.318 e. The van der Waals surface area contributed by atoms with Gasteiger partial charge in [0.15, 0.2) is 0 Å². The van der Waals surface area contributed by atoms with Crippen LogP contribution in [0.4, 0.5) is 4.79 Å². The Morgan fingerprint density at radius 3 is 2.68 bits per heavy atom. The van der Waals surface area contributed by atoms with Gasteiger partial charge in [-0.25, -0.2) is 4.79 Å². The molecule has 1 saturated heterocycles. The average molecular weight is 304 g/mol. The van der Waals surface area contributed by atoms with Crippen LogP contribution in [0.5, 0.6) is 0 Å². The summed E-state index contributed by atoms with van der Waals surface area (Å²) < 4.78 is 0. The van der Waals surface area contributed by atoms with Crippen LogP contribution in [-0.2, 0) is 0 Å². The summed E-state index contributed by atoms with van der Waals surface area (Å²) in [6.45, 7) is 5.18. The molecule has 1 aromatic carbocycles. The van der Waals surface area contributed by atoms with Gasteiger partial charge < -0.3 is 15.3 Å². The number of carbonyl (C=O) groups excluding carboxylic acids is 1. The van der Waals surface area contributed by atoms with E-state index in [1.54, 1.807) is 0 Å². The van der Waals surface area contributed by atoms with Crippen molar-refractivity contribution in [2.75, 3.05) is 13.2 Å². The maximum atomic E-state index is 12.7. The Kier molecular flexibility index (Phi) is 6.25. The lowest BCUT2D eigenvalue weighted by Gasteiger charge is -2.37. The predicted molar refractivity (Wildman–Crippen MR) is 88.6 cm³/mol. The normalized spacial score (nSPS) is 20.0. The SMILES string of the molecule is CC(C)C(NC(=O)N1CCCCC1CCO)c1ccccc1. The van der Waals surface area contributed by atoms with E-state index in [1.807, 2.05) is 23.1 Å². The van der Waals surface area contributed by atoms with Gasteiger partial charge >= 0.3 is 6.03 Å². The summed E-state index contributed by atoms with van der Waals surface area (Å²) in [6.07, 6.45) is 3.85. The molecule has 1 heterocycles. The number of aliphatic hydroxyl groups excluding tert-OH is 1. The van der Waals surface area contributed by atoms with Gasteiger partial charge in [-0.1, -0.05) is 44.2 Å². The molecule has 2 amide bonds. The van der Waals surface area contributed by atoms with Crippen molar-refractivity contribution in [1.29, 1.82) is 0 Å². The number of amides is 2. The molecule has 0 bridgehead atoms. The molecule has 22 heavy (non-hydrogen) atoms. The van der Waals surface area contributed by atoms with Gasteiger partial charge in [0.25, 0.3) is 0 Å². The Hall–Kier alpha value is -1.55. The van der Waals surface area contributed by atoms with Gasteiger partial charge in [-0.05, 0) is 37.2 Å². The maximum Gasteiger partial charge on any atom is 0.318 e. The molecule has 0 aliphatic carbocycles. The van der Waals surface area contributed by atoms with Crippen molar-refractivity contribution in [2.45, 2.75) is 51.6 Å². The summed E-state index contributed by atoms with van der Waals surface area (Å²) >= 11 is 0. The van der Waals surface area contributed by atoms with Crippen LogP contribution < -0.4 is 5.32 Å². The molecule has 2 N–H and O–H groups in total. The minimum atomic E-state index is 0.000651. The van der Waals surface area contributed by atoms with Gasteiger partial charge in [0.2, 0.25) is 0 Å². The lowest BCUT2D eigenvalue weighted by atomic mass is 9.96. The monoisotopic (exact) mass is 304 g/mol. The highest BCUT2D eigenvalue weighted by atomic mass is 16.3. The number of hydrogen-bond donors (Lipinski definition) is 2. The van der Waals surface area contributed by atoms with E-state index >= 15 is 0 Å². The Morgan fingerprint density at radius 1 is 1.32 bits per heavy atom. The first-order chi connectivity index (χ1) is 10.6. The number of benzene rings is 1. The van der Waals surface area contributed by atoms with Gasteiger partial charge in [0, 0.05) is 19.2 Å². The Bertz CT molecular complexity index is 459. The fourth-order valence-corrected chi connectivity index (χ4v) is 3.23. The van der Waals surface area contributed by atoms with E-state index in [0.717, 1.165) is 31.4 Å². The molecule has 4 nitrogen and oxygen atoms in total. The van der Waals surface area contributed by atoms with E-state index < -0.39 is 0 Å². The third-order valence-electron chi connectivity index (χ3n) is 4.45. The van der Waals surface area contributed by atoms with Crippen molar-refractivity contribution < 1.29 is 9.90 Å². The second kappa shape index (κ2) is 8.18. The van der Waals surface area contributed by atoms with Gasteiger partial charge in [-0.15, -0.1) is 0 Å². The largest absolute Gasteiger partial charge is 0.396 e. The molecule has 122 valence electrons. The number of hydrogen-bond acceptors (Lipinski definition) is 2. The number of likely N-dealkylation sites (tertiary alicyclic amines) is 1. The first-order valence-electron chi connectivity index (χ1n) is 8.36. The summed E-state index contributed by atoms with van der Waals surface area (Å²) in [5, 5.41) is 12.4. The molecule has 1 fully saturated rings. The van der Waals surface area contributed by atoms with Gasteiger partial charge in [-0.3, -0.25) is 0 Å². The quantitative estimate of drug-likeness (QED) is 0.876. The maximum absolute atomic E-state index is 12.7. The molecule has 1 aromatic rings. The van der Waals surface area contributed by atoms with E-state index in [1.165, 1.54) is 0 Å². The first kappa shape index (κ1) is 16.8. The second-order valence-electron chi connectivity index (χ2n) is 6.44. The number of aliphatic hydroxyl groups is 1. The van der Waals surface area contributed by atoms with Crippen molar-refractivity contribution in [3.8, 4) is 0 Å². The van der Waals surface area contributed by atoms with Crippen LogP contribution in [0.15, 0.2) is 30.3 Å². The number of urea groups is 1. The minimum absolute atomic E-state index is 0.000651. The van der Waals surface area contributed by atoms with E-state index in [2.05, 4.69) is 31.3 Å². The zero-order valence-electron chi connectivity index (χ0n) is 13.7. The highest BCUT2D eigenvalue weighted by Crippen LogP contribution is 2.24. The molecule has 4 heteroatoms. The van der Waals surface area contributed by atoms with Crippen molar-refractivity contribution in [3.05, 3.63) is 35.9 Å². The highest BCUT2D eigenvalue weighted by Gasteiger charge is 2.28. The first-order valence-corrected chi connectivity index (χ1v) is 8.36. The molecule has 0 saturated carbocycles. The van der Waals surface area contributed by atoms with Crippen LogP contribution in [0.1, 0.15) is 51.1 Å². The summed E-state index contributed by atoms with van der Waals surface area (Å²) in [7, 11) is 0. The molecule has 0 aromatic heterocycles. The summed E-state index contributed by atoms with van der Waals surface area (Å²) in [5.41, 5.74) is 1.14. The van der Waals surface area contributed by atoms with Crippen LogP contribution in [0.3, 0.4) is 0 Å². The van der Waals surface area contributed by atoms with Gasteiger partial charge in [0.05, 0.1) is 6.04 Å². The fraction of sp³-hybridized carbons (Fsp3) is 0.611. The van der Waals surface area contributed by atoms with E-state index in [4.69, 9.17) is 0 Å². The van der Waals surface area contributed by atoms with E-state index in [0.29, 0.717) is 12.3 Å². The zero-order valence-corrected chi connectivity index (χ0v) is 13.7. The Morgan fingerprint density at radius 2 is 2.05 bits per heavy atom. The molecular weight excluding hydrogens is 276 g/mol. The predicted octanol–water partition coefficient (Wildman–Crippen LogP) is 3.33. The van der Waals surface area contributed by atoms with Crippen LogP contribution >= 0.6 is 0 Å². The number of piperidine rings is 1. The van der Waals surface area contributed by atoms with Crippen LogP contribution in [0, 0.1) is 5.92 Å². The zero-order chi connectivity index (χ0) is 15.9. The fourth-order valence-electron chi connectivity index (χ4n) is 3.23. The molecular formula is C18H28N2O2. The van der Waals surface area contributed by atoms with E-state index in [9.17, 15) is 9.90 Å². The summed E-state index contributed by atoms with van der Waals surface area (Å²) in [4.78, 5) is 14.6. The van der Waals surface area contributed by atoms with Gasteiger partial charge in [-0.2, -0.15) is 0 Å². The minimum Gasteiger partial charge on any atom is -0.396 e. The van der Waals surface area contributed by atoms with Crippen molar-refractivity contribution in [1.82, 2.24) is 10.2 Å². The third-order valence-corrected chi connectivity index (χ3v) is 4.45. The number of nitrogens with one attached hydrogen (secondary N) is 1. The Labute approximate surface area is 133 Å². The summed E-state index contributed by atoms with van der Waals surface area (Å²) in [6, 6.07) is 10.3. The molecule has 1 aliphatic rings.